The molecule has 0 aliphatic carbocycles. The molecule has 0 unspecified atom stereocenters. The van der Waals surface area contributed by atoms with Crippen molar-refractivity contribution in [2.75, 3.05) is 5.73 Å². The van der Waals surface area contributed by atoms with Gasteiger partial charge in [-0.2, -0.15) is 5.10 Å². The minimum absolute atomic E-state index is 0.481. The maximum absolute atomic E-state index is 5.74. The molecule has 68 valence electrons. The molecule has 0 fully saturated rings. The smallest absolute Gasteiger partial charge is 0.141 e. The SMILES string of the molecule is Nc1c(Cl)cnn1Cc1cscn1. The van der Waals surface area contributed by atoms with Crippen LogP contribution in [0.15, 0.2) is 17.1 Å². The molecule has 0 spiro atoms. The maximum Gasteiger partial charge on any atom is 0.141 e. The van der Waals surface area contributed by atoms with Gasteiger partial charge in [-0.25, -0.2) is 9.67 Å². The molecule has 13 heavy (non-hydrogen) atoms. The zero-order valence-corrected chi connectivity index (χ0v) is 8.22. The van der Waals surface area contributed by atoms with E-state index in [-0.39, 0.29) is 0 Å². The fourth-order valence-corrected chi connectivity index (χ4v) is 1.66. The van der Waals surface area contributed by atoms with Gasteiger partial charge in [0.15, 0.2) is 0 Å². The molecule has 2 aromatic rings. The van der Waals surface area contributed by atoms with E-state index in [1.165, 1.54) is 6.20 Å². The topological polar surface area (TPSA) is 56.7 Å². The van der Waals surface area contributed by atoms with Crippen LogP contribution in [0.4, 0.5) is 5.82 Å². The fraction of sp³-hybridized carbons (Fsp3) is 0.143. The number of nitrogens with two attached hydrogens (primary N) is 1. The van der Waals surface area contributed by atoms with E-state index in [9.17, 15) is 0 Å². The molecule has 0 saturated heterocycles. The lowest BCUT2D eigenvalue weighted by Crippen LogP contribution is -2.05. The van der Waals surface area contributed by atoms with E-state index in [2.05, 4.69) is 10.1 Å². The highest BCUT2D eigenvalue weighted by Gasteiger charge is 2.05. The van der Waals surface area contributed by atoms with Gasteiger partial charge in [0.05, 0.1) is 23.9 Å². The summed E-state index contributed by atoms with van der Waals surface area (Å²) in [6.07, 6.45) is 1.53. The van der Waals surface area contributed by atoms with Gasteiger partial charge in [0.1, 0.15) is 10.8 Å². The molecule has 2 heterocycles. The van der Waals surface area contributed by atoms with Crippen molar-refractivity contribution in [2.24, 2.45) is 0 Å². The monoisotopic (exact) mass is 214 g/mol. The molecular weight excluding hydrogens is 208 g/mol. The first-order valence-corrected chi connectivity index (χ1v) is 4.93. The number of hydrogen-bond acceptors (Lipinski definition) is 4. The third kappa shape index (κ3) is 1.66. The van der Waals surface area contributed by atoms with Crippen LogP contribution >= 0.6 is 22.9 Å². The Balaban J connectivity index is 2.24. The first-order chi connectivity index (χ1) is 6.27. The predicted octanol–water partition coefficient (Wildman–Crippen LogP) is 1.62. The van der Waals surface area contributed by atoms with E-state index in [1.807, 2.05) is 5.38 Å². The molecule has 0 atom stereocenters. The standard InChI is InChI=1S/C7H7ClN4S/c8-6-1-11-12(7(6)9)2-5-3-13-4-10-5/h1,3-4H,2,9H2. The van der Waals surface area contributed by atoms with Gasteiger partial charge in [-0.15, -0.1) is 11.3 Å². The van der Waals surface area contributed by atoms with Crippen molar-refractivity contribution in [1.29, 1.82) is 0 Å². The number of aromatic nitrogens is 3. The largest absolute Gasteiger partial charge is 0.383 e. The first kappa shape index (κ1) is 8.52. The second kappa shape index (κ2) is 3.35. The summed E-state index contributed by atoms with van der Waals surface area (Å²) in [6.45, 7) is 0.571. The van der Waals surface area contributed by atoms with Crippen molar-refractivity contribution >= 4 is 28.8 Å². The van der Waals surface area contributed by atoms with Crippen molar-refractivity contribution in [3.05, 3.63) is 27.8 Å². The van der Waals surface area contributed by atoms with E-state index >= 15 is 0 Å². The number of halogens is 1. The molecule has 2 N–H and O–H groups in total. The quantitative estimate of drug-likeness (QED) is 0.827. The van der Waals surface area contributed by atoms with Crippen LogP contribution in [-0.4, -0.2) is 14.8 Å². The lowest BCUT2D eigenvalue weighted by molar-refractivity contribution is 0.686. The molecule has 0 aliphatic heterocycles. The predicted molar refractivity (Wildman–Crippen MR) is 52.9 cm³/mol. The number of rotatable bonds is 2. The van der Waals surface area contributed by atoms with Crippen LogP contribution in [-0.2, 0) is 6.54 Å². The van der Waals surface area contributed by atoms with Crippen molar-refractivity contribution in [2.45, 2.75) is 6.54 Å². The van der Waals surface area contributed by atoms with Crippen LogP contribution in [0.25, 0.3) is 0 Å². The number of thiazole rings is 1. The summed E-state index contributed by atoms with van der Waals surface area (Å²) in [5.74, 6) is 0.481. The normalized spacial score (nSPS) is 10.5. The highest BCUT2D eigenvalue weighted by molar-refractivity contribution is 7.07. The lowest BCUT2D eigenvalue weighted by atomic mass is 10.5. The second-order valence-electron chi connectivity index (χ2n) is 2.52. The highest BCUT2D eigenvalue weighted by atomic mass is 35.5. The Bertz CT molecular complexity index is 395. The molecule has 2 rings (SSSR count). The summed E-state index contributed by atoms with van der Waals surface area (Å²) < 4.78 is 1.62. The molecule has 0 radical (unpaired) electrons. The first-order valence-electron chi connectivity index (χ1n) is 3.61. The van der Waals surface area contributed by atoms with Gasteiger partial charge < -0.3 is 5.73 Å². The summed E-state index contributed by atoms with van der Waals surface area (Å²) in [6, 6.07) is 0. The molecule has 2 aromatic heterocycles. The van der Waals surface area contributed by atoms with Crippen molar-refractivity contribution in [3.63, 3.8) is 0 Å². The number of hydrogen-bond donors (Lipinski definition) is 1. The van der Waals surface area contributed by atoms with E-state index in [1.54, 1.807) is 21.5 Å². The molecule has 0 amide bonds. The Hall–Kier alpha value is -1.07. The average Bonchev–Trinajstić information content (AvgIpc) is 2.71. The minimum atomic E-state index is 0.481. The van der Waals surface area contributed by atoms with Crippen LogP contribution in [0.5, 0.6) is 0 Å². The Morgan fingerprint density at radius 3 is 3.00 bits per heavy atom. The highest BCUT2D eigenvalue weighted by Crippen LogP contribution is 2.17. The van der Waals surface area contributed by atoms with Crippen LogP contribution < -0.4 is 5.73 Å². The average molecular weight is 215 g/mol. The number of nitrogen functional groups attached to an aromatic ring is 1. The van der Waals surface area contributed by atoms with Crippen LogP contribution in [0.1, 0.15) is 5.69 Å². The Morgan fingerprint density at radius 2 is 2.46 bits per heavy atom. The maximum atomic E-state index is 5.74. The van der Waals surface area contributed by atoms with Gasteiger partial charge in [-0.05, 0) is 0 Å². The van der Waals surface area contributed by atoms with Crippen molar-refractivity contribution in [3.8, 4) is 0 Å². The van der Waals surface area contributed by atoms with Gasteiger partial charge in [0.25, 0.3) is 0 Å². The lowest BCUT2D eigenvalue weighted by Gasteiger charge is -2.00. The van der Waals surface area contributed by atoms with Crippen molar-refractivity contribution in [1.82, 2.24) is 14.8 Å². The van der Waals surface area contributed by atoms with Crippen molar-refractivity contribution < 1.29 is 0 Å². The van der Waals surface area contributed by atoms with Crippen LogP contribution in [0.3, 0.4) is 0 Å². The van der Waals surface area contributed by atoms with Crippen LogP contribution in [0.2, 0.25) is 5.02 Å². The van der Waals surface area contributed by atoms with E-state index in [0.717, 1.165) is 5.69 Å². The van der Waals surface area contributed by atoms with Gasteiger partial charge in [0, 0.05) is 5.38 Å². The zero-order chi connectivity index (χ0) is 9.26. The molecule has 0 bridgehead atoms. The molecule has 4 nitrogen and oxygen atoms in total. The number of anilines is 1. The molecule has 0 aliphatic rings. The van der Waals surface area contributed by atoms with Gasteiger partial charge in [0.2, 0.25) is 0 Å². The summed E-state index contributed by atoms with van der Waals surface area (Å²) in [5.41, 5.74) is 8.38. The third-order valence-electron chi connectivity index (χ3n) is 1.63. The van der Waals surface area contributed by atoms with E-state index in [4.69, 9.17) is 17.3 Å². The molecule has 0 saturated carbocycles. The van der Waals surface area contributed by atoms with E-state index < -0.39 is 0 Å². The fourth-order valence-electron chi connectivity index (χ4n) is 0.967. The van der Waals surface area contributed by atoms with E-state index in [0.29, 0.717) is 17.4 Å². The summed E-state index contributed by atoms with van der Waals surface area (Å²) in [5, 5.41) is 6.45. The Kier molecular flexibility index (Phi) is 2.20. The Morgan fingerprint density at radius 1 is 1.62 bits per heavy atom. The number of nitrogens with zero attached hydrogens (tertiary/aromatic N) is 3. The zero-order valence-electron chi connectivity index (χ0n) is 6.64. The molecule has 0 aromatic carbocycles. The summed E-state index contributed by atoms with van der Waals surface area (Å²) in [7, 11) is 0. The van der Waals surface area contributed by atoms with Gasteiger partial charge in [-0.1, -0.05) is 11.6 Å². The second-order valence-corrected chi connectivity index (χ2v) is 3.64. The summed E-state index contributed by atoms with van der Waals surface area (Å²) >= 11 is 7.29. The third-order valence-corrected chi connectivity index (χ3v) is 2.55. The molecule has 6 heteroatoms. The summed E-state index contributed by atoms with van der Waals surface area (Å²) in [4.78, 5) is 4.12. The van der Waals surface area contributed by atoms with Crippen LogP contribution in [0, 0.1) is 0 Å². The van der Waals surface area contributed by atoms with Gasteiger partial charge in [-0.3, -0.25) is 0 Å². The van der Waals surface area contributed by atoms with Gasteiger partial charge >= 0.3 is 0 Å². The minimum Gasteiger partial charge on any atom is -0.383 e. The Labute approximate surface area is 84.0 Å². The molecular formula is C7H7ClN4S.